The third kappa shape index (κ3) is 2.93. The molecule has 3 N–H and O–H groups in total. The number of nitrogens with one attached hydrogen (secondary N) is 3. The molecule has 0 fully saturated rings. The Labute approximate surface area is 156 Å². The number of hydrogen-bond donors (Lipinski definition) is 3. The van der Waals surface area contributed by atoms with E-state index in [2.05, 4.69) is 25.5 Å². The highest BCUT2D eigenvalue weighted by molar-refractivity contribution is 7.19. The van der Waals surface area contributed by atoms with E-state index in [1.165, 1.54) is 28.9 Å². The zero-order chi connectivity index (χ0) is 18.1. The Balaban J connectivity index is 1.64. The van der Waals surface area contributed by atoms with E-state index in [1.807, 2.05) is 11.4 Å². The van der Waals surface area contributed by atoms with Gasteiger partial charge in [0, 0.05) is 42.5 Å². The maximum Gasteiger partial charge on any atom is 0.269 e. The second-order valence-electron chi connectivity index (χ2n) is 5.65. The molecule has 0 spiro atoms. The highest BCUT2D eigenvalue weighted by atomic mass is 32.1. The molecule has 0 aliphatic rings. The van der Waals surface area contributed by atoms with Crippen LogP contribution in [0.1, 0.15) is 32.4 Å². The van der Waals surface area contributed by atoms with Gasteiger partial charge in [0.25, 0.3) is 5.91 Å². The van der Waals surface area contributed by atoms with E-state index in [0.717, 1.165) is 21.1 Å². The number of aromatic nitrogens is 5. The van der Waals surface area contributed by atoms with Crippen molar-refractivity contribution in [1.29, 1.82) is 5.41 Å². The standard InChI is InChI=1S/C16H15N7OS2/c1-23-13(16(24)18-6-10-7-25-8-19-10)11(5-17)14-15(23)21-12(26-14)4-9-2-3-20-22-9/h2-3,5,7-8,17H,4,6H2,1H3,(H,18,24)(H,20,22). The van der Waals surface area contributed by atoms with Crippen molar-refractivity contribution < 1.29 is 4.79 Å². The first-order valence-corrected chi connectivity index (χ1v) is 9.55. The molecular formula is C16H15N7OS2. The van der Waals surface area contributed by atoms with Gasteiger partial charge in [0.15, 0.2) is 5.65 Å². The minimum absolute atomic E-state index is 0.237. The molecule has 8 nitrogen and oxygen atoms in total. The number of H-pyrrole nitrogens is 1. The lowest BCUT2D eigenvalue weighted by atomic mass is 10.2. The summed E-state index contributed by atoms with van der Waals surface area (Å²) in [4.78, 5) is 21.5. The van der Waals surface area contributed by atoms with Gasteiger partial charge in [0.1, 0.15) is 10.7 Å². The Hall–Kier alpha value is -2.85. The van der Waals surface area contributed by atoms with Crippen LogP contribution in [0, 0.1) is 5.41 Å². The van der Waals surface area contributed by atoms with Crippen LogP contribution in [0.4, 0.5) is 0 Å². The Morgan fingerprint density at radius 3 is 3.08 bits per heavy atom. The Morgan fingerprint density at radius 1 is 1.50 bits per heavy atom. The molecule has 0 saturated carbocycles. The Bertz CT molecular complexity index is 1060. The van der Waals surface area contributed by atoms with E-state index in [0.29, 0.717) is 29.9 Å². The number of thiazole rings is 2. The maximum absolute atomic E-state index is 12.7. The molecule has 0 unspecified atom stereocenters. The molecule has 0 aromatic carbocycles. The SMILES string of the molecule is Cn1c(C(=O)NCc2cscn2)c(C=N)c2sc(Cc3ccn[nH]3)nc21. The van der Waals surface area contributed by atoms with Crippen molar-refractivity contribution in [2.45, 2.75) is 13.0 Å². The largest absolute Gasteiger partial charge is 0.345 e. The maximum atomic E-state index is 12.7. The molecule has 26 heavy (non-hydrogen) atoms. The van der Waals surface area contributed by atoms with Gasteiger partial charge in [-0.25, -0.2) is 9.97 Å². The highest BCUT2D eigenvalue weighted by Gasteiger charge is 2.23. The van der Waals surface area contributed by atoms with Crippen LogP contribution in [0.15, 0.2) is 23.2 Å². The van der Waals surface area contributed by atoms with E-state index < -0.39 is 0 Å². The zero-order valence-electron chi connectivity index (χ0n) is 13.8. The summed E-state index contributed by atoms with van der Waals surface area (Å²) in [5, 5.41) is 20.3. The van der Waals surface area contributed by atoms with Crippen molar-refractivity contribution in [2.24, 2.45) is 7.05 Å². The average molecular weight is 385 g/mol. The molecular weight excluding hydrogens is 370 g/mol. The molecule has 4 heterocycles. The minimum Gasteiger partial charge on any atom is -0.345 e. The number of aromatic amines is 1. The summed E-state index contributed by atoms with van der Waals surface area (Å²) in [6.07, 6.45) is 3.57. The fourth-order valence-electron chi connectivity index (χ4n) is 2.76. The van der Waals surface area contributed by atoms with Gasteiger partial charge in [-0.1, -0.05) is 0 Å². The van der Waals surface area contributed by atoms with E-state index in [4.69, 9.17) is 5.41 Å². The fourth-order valence-corrected chi connectivity index (χ4v) is 4.45. The fraction of sp³-hybridized carbons (Fsp3) is 0.188. The van der Waals surface area contributed by atoms with Gasteiger partial charge in [0.2, 0.25) is 0 Å². The number of amides is 1. The van der Waals surface area contributed by atoms with Crippen molar-refractivity contribution in [3.63, 3.8) is 0 Å². The van der Waals surface area contributed by atoms with Crippen LogP contribution in [0.2, 0.25) is 0 Å². The topological polar surface area (TPSA) is 112 Å². The monoisotopic (exact) mass is 385 g/mol. The molecule has 10 heteroatoms. The average Bonchev–Trinajstić information content (AvgIpc) is 3.40. The van der Waals surface area contributed by atoms with Gasteiger partial charge in [-0.15, -0.1) is 22.7 Å². The first-order valence-electron chi connectivity index (χ1n) is 7.79. The lowest BCUT2D eigenvalue weighted by Crippen LogP contribution is -2.26. The third-order valence-electron chi connectivity index (χ3n) is 3.98. The molecule has 0 bridgehead atoms. The lowest BCUT2D eigenvalue weighted by Gasteiger charge is -2.06. The highest BCUT2D eigenvalue weighted by Crippen LogP contribution is 2.30. The minimum atomic E-state index is -0.237. The Kier molecular flexibility index (Phi) is 4.35. The predicted octanol–water partition coefficient (Wildman–Crippen LogP) is 2.33. The zero-order valence-corrected chi connectivity index (χ0v) is 15.4. The summed E-state index contributed by atoms with van der Waals surface area (Å²) in [5.41, 5.74) is 5.26. The summed E-state index contributed by atoms with van der Waals surface area (Å²) in [6, 6.07) is 1.90. The van der Waals surface area contributed by atoms with Crippen LogP contribution in [0.5, 0.6) is 0 Å². The molecule has 0 aliphatic heterocycles. The van der Waals surface area contributed by atoms with Crippen molar-refractivity contribution in [1.82, 2.24) is 30.0 Å². The van der Waals surface area contributed by atoms with Crippen LogP contribution >= 0.6 is 22.7 Å². The third-order valence-corrected chi connectivity index (χ3v) is 5.69. The number of rotatable bonds is 6. The smallest absolute Gasteiger partial charge is 0.269 e. The number of aryl methyl sites for hydroxylation is 1. The number of carbonyl (C=O) groups excluding carboxylic acids is 1. The first-order chi connectivity index (χ1) is 12.7. The normalized spacial score (nSPS) is 11.1. The summed E-state index contributed by atoms with van der Waals surface area (Å²) in [7, 11) is 1.80. The van der Waals surface area contributed by atoms with Crippen molar-refractivity contribution in [3.05, 3.63) is 50.8 Å². The van der Waals surface area contributed by atoms with Gasteiger partial charge >= 0.3 is 0 Å². The molecule has 132 valence electrons. The van der Waals surface area contributed by atoms with Gasteiger partial charge in [0.05, 0.1) is 22.4 Å². The van der Waals surface area contributed by atoms with E-state index in [9.17, 15) is 4.79 Å². The van der Waals surface area contributed by atoms with Crippen molar-refractivity contribution >= 4 is 45.1 Å². The molecule has 0 radical (unpaired) electrons. The number of fused-ring (bicyclic) bond motifs is 1. The lowest BCUT2D eigenvalue weighted by molar-refractivity contribution is 0.0942. The first kappa shape index (κ1) is 16.6. The van der Waals surface area contributed by atoms with Crippen LogP contribution in [-0.2, 0) is 20.0 Å². The van der Waals surface area contributed by atoms with E-state index in [1.54, 1.807) is 23.3 Å². The van der Waals surface area contributed by atoms with Crippen molar-refractivity contribution in [3.8, 4) is 0 Å². The molecule has 0 saturated heterocycles. The second-order valence-corrected chi connectivity index (χ2v) is 7.45. The summed E-state index contributed by atoms with van der Waals surface area (Å²) in [6.45, 7) is 0.358. The summed E-state index contributed by atoms with van der Waals surface area (Å²) < 4.78 is 2.59. The summed E-state index contributed by atoms with van der Waals surface area (Å²) in [5.74, 6) is -0.237. The number of hydrogen-bond acceptors (Lipinski definition) is 7. The second kappa shape index (κ2) is 6.81. The van der Waals surface area contributed by atoms with Gasteiger partial charge in [-0.05, 0) is 6.07 Å². The van der Waals surface area contributed by atoms with Crippen LogP contribution in [0.3, 0.4) is 0 Å². The van der Waals surface area contributed by atoms with Crippen LogP contribution in [0.25, 0.3) is 10.3 Å². The number of nitrogens with zero attached hydrogens (tertiary/aromatic N) is 4. The van der Waals surface area contributed by atoms with Crippen molar-refractivity contribution in [2.75, 3.05) is 0 Å². The molecule has 1 amide bonds. The van der Waals surface area contributed by atoms with E-state index >= 15 is 0 Å². The summed E-state index contributed by atoms with van der Waals surface area (Å²) >= 11 is 2.98. The van der Waals surface area contributed by atoms with Crippen LogP contribution in [-0.4, -0.2) is 36.9 Å². The molecule has 0 aliphatic carbocycles. The Morgan fingerprint density at radius 2 is 2.38 bits per heavy atom. The van der Waals surface area contributed by atoms with Gasteiger partial charge < -0.3 is 15.3 Å². The van der Waals surface area contributed by atoms with E-state index in [-0.39, 0.29) is 5.91 Å². The molecule has 4 aromatic rings. The molecule has 4 rings (SSSR count). The van der Waals surface area contributed by atoms with Gasteiger partial charge in [-0.2, -0.15) is 5.10 Å². The predicted molar refractivity (Wildman–Crippen MR) is 101 cm³/mol. The number of carbonyl (C=O) groups is 1. The molecule has 4 aromatic heterocycles. The molecule has 0 atom stereocenters. The van der Waals surface area contributed by atoms with Crippen LogP contribution < -0.4 is 5.32 Å². The van der Waals surface area contributed by atoms with Gasteiger partial charge in [-0.3, -0.25) is 9.89 Å². The quantitative estimate of drug-likeness (QED) is 0.442.